The van der Waals surface area contributed by atoms with Crippen molar-refractivity contribution in [3.8, 4) is 5.75 Å². The first-order chi connectivity index (χ1) is 30.0. The first-order valence-corrected chi connectivity index (χ1v) is 19.8. The van der Waals surface area contributed by atoms with Gasteiger partial charge in [0.1, 0.15) is 18.0 Å². The number of non-ortho nitro benzene ring substituents is 1. The monoisotopic (exact) mass is 863 g/mol. The van der Waals surface area contributed by atoms with Gasteiger partial charge in [-0.05, 0) is 60.0 Å². The first-order valence-electron chi connectivity index (χ1n) is 19.8. The van der Waals surface area contributed by atoms with Crippen LogP contribution in [-0.2, 0) is 41.3 Å². The Morgan fingerprint density at radius 3 is 1.84 bits per heavy atom. The summed E-state index contributed by atoms with van der Waals surface area (Å²) in [6.45, 7) is 1.65. The predicted molar refractivity (Wildman–Crippen MR) is 217 cm³/mol. The summed E-state index contributed by atoms with van der Waals surface area (Å²) >= 11 is 0. The highest BCUT2D eigenvalue weighted by atomic mass is 16.8. The Morgan fingerprint density at radius 2 is 1.31 bits per heavy atom. The fourth-order valence-corrected chi connectivity index (χ4v) is 6.97. The van der Waals surface area contributed by atoms with Crippen LogP contribution < -0.4 is 15.8 Å². The van der Waals surface area contributed by atoms with Crippen molar-refractivity contribution < 1.29 is 57.9 Å². The molecule has 3 aromatic rings. The van der Waals surface area contributed by atoms with E-state index in [-0.39, 0.29) is 67.8 Å². The number of alkyl carbamates (subject to hydrolysis) is 1. The van der Waals surface area contributed by atoms with Crippen molar-refractivity contribution in [2.24, 2.45) is 27.8 Å². The van der Waals surface area contributed by atoms with Crippen molar-refractivity contribution in [1.82, 2.24) is 5.32 Å². The van der Waals surface area contributed by atoms with E-state index in [1.54, 1.807) is 0 Å². The second-order valence-corrected chi connectivity index (χ2v) is 14.5. The Kier molecular flexibility index (Phi) is 18.5. The number of nitrogens with two attached hydrogens (primary N) is 1. The number of carbonyl (C=O) groups is 2. The number of amides is 1. The van der Waals surface area contributed by atoms with Gasteiger partial charge in [-0.3, -0.25) is 10.1 Å². The highest BCUT2D eigenvalue weighted by molar-refractivity contribution is 5.68. The van der Waals surface area contributed by atoms with Gasteiger partial charge < -0.3 is 54.4 Å². The Bertz CT molecular complexity index is 1970. The Balaban J connectivity index is 0.000000182. The number of aliphatic hydroxyl groups is 2. The molecule has 4 aliphatic rings. The number of nitrogens with one attached hydrogen (secondary N) is 1. The third kappa shape index (κ3) is 14.5. The van der Waals surface area contributed by atoms with Crippen LogP contribution in [0.2, 0.25) is 0 Å². The average Bonchev–Trinajstić information content (AvgIpc) is 4.09. The second-order valence-electron chi connectivity index (χ2n) is 14.5. The lowest BCUT2D eigenvalue weighted by Gasteiger charge is -2.24. The van der Waals surface area contributed by atoms with Crippen LogP contribution in [0.4, 0.5) is 15.3 Å². The fraction of sp³-hybridized carbons (Fsp3) is 0.500. The zero-order valence-electron chi connectivity index (χ0n) is 33.5. The van der Waals surface area contributed by atoms with E-state index in [1.165, 1.54) is 24.3 Å². The number of azide groups is 2. The third-order valence-corrected chi connectivity index (χ3v) is 10.3. The number of benzene rings is 3. The van der Waals surface area contributed by atoms with Crippen molar-refractivity contribution in [1.29, 1.82) is 0 Å². The number of nitro benzene ring substituents is 1. The van der Waals surface area contributed by atoms with Gasteiger partial charge in [-0.2, -0.15) is 0 Å². The number of nitro groups is 1. The standard InChI is InChI=1S/C17H22N4O5.C13H13NO7.C10H14N4O/c18-21-19-9-14(22)13(8-11-4-2-1-3-5-11)20-17(23)26-15-10-25-16-12(15)6-7-24-16;15-13(20-9-3-1-8(2-4-9)14(16)17)21-11-7-19-12-10(11)5-6-18-12;11-9(10(15)7-13-14-12)6-8-4-2-1-3-5-8/h1-5,12-16,22H,6-10H2,(H,20,23);1-4,10-12H,5-7H2;1-5,9-10,15H,6-7,11H2/t12-,13+,14-,15-,16+;10-,11-,12+;9-,10+/m110/s1. The van der Waals surface area contributed by atoms with Gasteiger partial charge in [0.15, 0.2) is 12.6 Å². The Labute approximate surface area is 355 Å². The van der Waals surface area contributed by atoms with E-state index >= 15 is 0 Å². The largest absolute Gasteiger partial charge is 0.514 e. The highest BCUT2D eigenvalue weighted by Crippen LogP contribution is 2.34. The number of ether oxygens (including phenoxy) is 7. The van der Waals surface area contributed by atoms with Crippen LogP contribution in [-0.4, -0.2) is 116 Å². The minimum Gasteiger partial charge on any atom is -0.443 e. The molecule has 4 fully saturated rings. The summed E-state index contributed by atoms with van der Waals surface area (Å²) in [5.41, 5.74) is 24.2. The number of fused-ring (bicyclic) bond motifs is 2. The summed E-state index contributed by atoms with van der Waals surface area (Å²) in [5.74, 6) is 0.264. The predicted octanol–water partition coefficient (Wildman–Crippen LogP) is 4.86. The molecule has 62 heavy (non-hydrogen) atoms. The van der Waals surface area contributed by atoms with Gasteiger partial charge in [-0.1, -0.05) is 70.9 Å². The number of hydrogen-bond donors (Lipinski definition) is 4. The van der Waals surface area contributed by atoms with E-state index in [2.05, 4.69) is 25.4 Å². The minimum atomic E-state index is -1.03. The van der Waals surface area contributed by atoms with Gasteiger partial charge in [0.25, 0.3) is 5.69 Å². The summed E-state index contributed by atoms with van der Waals surface area (Å²) in [6.07, 6.45) is -2.14. The molecule has 0 aromatic heterocycles. The van der Waals surface area contributed by atoms with Gasteiger partial charge in [-0.25, -0.2) is 9.59 Å². The van der Waals surface area contributed by atoms with Crippen molar-refractivity contribution in [3.63, 3.8) is 0 Å². The number of rotatable bonds is 15. The van der Waals surface area contributed by atoms with E-state index in [1.807, 2.05) is 60.7 Å². The first kappa shape index (κ1) is 47.0. The van der Waals surface area contributed by atoms with Gasteiger partial charge in [0.05, 0.1) is 74.5 Å². The Morgan fingerprint density at radius 1 is 0.790 bits per heavy atom. The molecule has 4 aliphatic heterocycles. The van der Waals surface area contributed by atoms with Gasteiger partial charge in [-0.15, -0.1) is 0 Å². The number of carbonyl (C=O) groups excluding carboxylic acids is 2. The Hall–Kier alpha value is -6.06. The second kappa shape index (κ2) is 24.4. The molecule has 4 heterocycles. The SMILES string of the molecule is O=C(Oc1ccc([N+](=O)[O-])cc1)O[C@@H]1CO[C@@H]2OCC[C@@H]21.[N-]=[N+]=NC[C@@H](O)[C@@H](N)Cc1ccccc1.[N-]=[N+]=NC[C@@H](O)[C@H](Cc1ccccc1)NC(=O)O[C@@H]1CO[C@@H]2OCC[C@@H]21. The van der Waals surface area contributed by atoms with E-state index < -0.39 is 41.5 Å². The third-order valence-electron chi connectivity index (χ3n) is 10.3. The van der Waals surface area contributed by atoms with Crippen LogP contribution in [0.3, 0.4) is 0 Å². The lowest BCUT2D eigenvalue weighted by atomic mass is 10.0. The molecule has 22 nitrogen and oxygen atoms in total. The van der Waals surface area contributed by atoms with Gasteiger partial charge in [0, 0.05) is 28.0 Å². The minimum absolute atomic E-state index is 0.0184. The molecule has 1 amide bonds. The maximum absolute atomic E-state index is 12.3. The molecular weight excluding hydrogens is 814 g/mol. The van der Waals surface area contributed by atoms with Crippen molar-refractivity contribution >= 4 is 17.9 Å². The number of aliphatic hydroxyl groups excluding tert-OH is 2. The lowest BCUT2D eigenvalue weighted by molar-refractivity contribution is -0.384. The molecule has 0 saturated carbocycles. The molecule has 3 aromatic carbocycles. The molecule has 0 spiro atoms. The van der Waals surface area contributed by atoms with Crippen LogP contribution in [0, 0.1) is 22.0 Å². The average molecular weight is 864 g/mol. The van der Waals surface area contributed by atoms with Gasteiger partial charge in [0.2, 0.25) is 0 Å². The molecule has 22 heteroatoms. The van der Waals surface area contributed by atoms with Crippen LogP contribution >= 0.6 is 0 Å². The molecule has 0 unspecified atom stereocenters. The highest BCUT2D eigenvalue weighted by Gasteiger charge is 2.45. The maximum Gasteiger partial charge on any atom is 0.514 e. The zero-order chi connectivity index (χ0) is 44.3. The molecule has 0 bridgehead atoms. The molecule has 4 saturated heterocycles. The summed E-state index contributed by atoms with van der Waals surface area (Å²) < 4.78 is 37.2. The molecular formula is C40H49N9O13. The molecule has 7 rings (SSSR count). The van der Waals surface area contributed by atoms with E-state index in [9.17, 15) is 29.9 Å². The van der Waals surface area contributed by atoms with Crippen LogP contribution in [0.25, 0.3) is 20.9 Å². The van der Waals surface area contributed by atoms with Crippen molar-refractivity contribution in [3.05, 3.63) is 127 Å². The number of nitrogens with zero attached hydrogens (tertiary/aromatic N) is 7. The zero-order valence-corrected chi connectivity index (χ0v) is 33.5. The van der Waals surface area contributed by atoms with Crippen LogP contribution in [0.1, 0.15) is 24.0 Å². The summed E-state index contributed by atoms with van der Waals surface area (Å²) in [4.78, 5) is 39.2. The van der Waals surface area contributed by atoms with Crippen molar-refractivity contribution in [2.45, 2.75) is 74.8 Å². The van der Waals surface area contributed by atoms with Crippen molar-refractivity contribution in [2.75, 3.05) is 39.5 Å². The topological polar surface area (TPSA) is 318 Å². The number of hydrogen-bond acceptors (Lipinski definition) is 16. The van der Waals surface area contributed by atoms with E-state index in [0.29, 0.717) is 32.7 Å². The normalized spacial score (nSPS) is 23.7. The molecule has 10 atom stereocenters. The quantitative estimate of drug-likeness (QED) is 0.0302. The van der Waals surface area contributed by atoms with Crippen LogP contribution in [0.5, 0.6) is 5.75 Å². The van der Waals surface area contributed by atoms with Crippen LogP contribution in [0.15, 0.2) is 95.2 Å². The van der Waals surface area contributed by atoms with E-state index in [0.717, 1.165) is 24.0 Å². The lowest BCUT2D eigenvalue weighted by Crippen LogP contribution is -2.47. The summed E-state index contributed by atoms with van der Waals surface area (Å²) in [6, 6.07) is 23.2. The summed E-state index contributed by atoms with van der Waals surface area (Å²) in [7, 11) is 0. The molecule has 5 N–H and O–H groups in total. The maximum atomic E-state index is 12.3. The van der Waals surface area contributed by atoms with Gasteiger partial charge >= 0.3 is 12.2 Å². The molecule has 0 radical (unpaired) electrons. The van der Waals surface area contributed by atoms with E-state index in [4.69, 9.17) is 50.0 Å². The molecule has 0 aliphatic carbocycles. The fourth-order valence-electron chi connectivity index (χ4n) is 6.97. The smallest absolute Gasteiger partial charge is 0.443 e. The molecule has 332 valence electrons. The summed E-state index contributed by atoms with van der Waals surface area (Å²) in [5, 5.41) is 39.7.